The lowest BCUT2D eigenvalue weighted by Gasteiger charge is -2.30. The first-order valence-corrected chi connectivity index (χ1v) is 9.51. The van der Waals surface area contributed by atoms with E-state index in [1.54, 1.807) is 12.3 Å². The molecule has 1 heterocycles. The van der Waals surface area contributed by atoms with E-state index in [0.29, 0.717) is 11.6 Å². The van der Waals surface area contributed by atoms with Gasteiger partial charge in [0.05, 0.1) is 5.41 Å². The molecule has 0 aliphatic heterocycles. The van der Waals surface area contributed by atoms with Crippen LogP contribution in [0.25, 0.3) is 0 Å². The highest BCUT2D eigenvalue weighted by Gasteiger charge is 2.48. The van der Waals surface area contributed by atoms with Crippen LogP contribution in [0.15, 0.2) is 60.1 Å². The highest BCUT2D eigenvalue weighted by atomic mass is 32.1. The van der Waals surface area contributed by atoms with Crippen LogP contribution >= 0.6 is 11.3 Å². The van der Waals surface area contributed by atoms with Gasteiger partial charge in [0.15, 0.2) is 5.13 Å². The average molecular weight is 364 g/mol. The van der Waals surface area contributed by atoms with Crippen LogP contribution in [0.5, 0.6) is 5.75 Å². The molecule has 3 aromatic rings. The van der Waals surface area contributed by atoms with Gasteiger partial charge in [-0.2, -0.15) is 0 Å². The molecule has 0 radical (unpaired) electrons. The molecule has 1 amide bonds. The van der Waals surface area contributed by atoms with Gasteiger partial charge in [0.25, 0.3) is 0 Å². The Morgan fingerprint density at radius 1 is 1.31 bits per heavy atom. The number of amides is 1. The van der Waals surface area contributed by atoms with Gasteiger partial charge in [-0.15, -0.1) is 11.3 Å². The number of carbonyl (C=O) groups is 1. The zero-order chi connectivity index (χ0) is 18.1. The standard InChI is InChI=1S/C21H20N2O2S/c1-21(19(25)23-20-22-9-10-26-20)13-15-7-8-16(24)12-17(15)18(21)11-14-5-3-2-4-6-14/h2-10,12,18,24H,11,13H2,1H3,(H,22,23,25). The minimum atomic E-state index is -0.600. The van der Waals surface area contributed by atoms with E-state index in [1.807, 2.05) is 42.6 Å². The summed E-state index contributed by atoms with van der Waals surface area (Å²) in [6, 6.07) is 15.6. The summed E-state index contributed by atoms with van der Waals surface area (Å²) in [4.78, 5) is 17.4. The molecule has 0 saturated carbocycles. The molecule has 132 valence electrons. The van der Waals surface area contributed by atoms with Crippen molar-refractivity contribution in [3.05, 3.63) is 76.8 Å². The summed E-state index contributed by atoms with van der Waals surface area (Å²) in [5, 5.41) is 15.4. The average Bonchev–Trinajstić information content (AvgIpc) is 3.24. The second-order valence-corrected chi connectivity index (χ2v) is 7.91. The van der Waals surface area contributed by atoms with Crippen molar-refractivity contribution >= 4 is 22.4 Å². The number of nitrogens with one attached hydrogen (secondary N) is 1. The van der Waals surface area contributed by atoms with Crippen molar-refractivity contribution in [3.8, 4) is 5.75 Å². The van der Waals surface area contributed by atoms with Crippen LogP contribution in [0, 0.1) is 5.41 Å². The van der Waals surface area contributed by atoms with Gasteiger partial charge < -0.3 is 10.4 Å². The molecule has 1 aromatic heterocycles. The maximum atomic E-state index is 13.2. The van der Waals surface area contributed by atoms with Crippen molar-refractivity contribution in [2.24, 2.45) is 5.41 Å². The van der Waals surface area contributed by atoms with Gasteiger partial charge in [-0.05, 0) is 48.6 Å². The number of anilines is 1. The Balaban J connectivity index is 1.71. The van der Waals surface area contributed by atoms with Gasteiger partial charge in [-0.3, -0.25) is 4.79 Å². The first-order chi connectivity index (χ1) is 12.6. The molecule has 2 N–H and O–H groups in total. The lowest BCUT2D eigenvalue weighted by molar-refractivity contribution is -0.125. The Morgan fingerprint density at radius 2 is 2.12 bits per heavy atom. The van der Waals surface area contributed by atoms with Gasteiger partial charge in [-0.25, -0.2) is 4.98 Å². The molecule has 0 spiro atoms. The maximum absolute atomic E-state index is 13.2. The van der Waals surface area contributed by atoms with E-state index in [2.05, 4.69) is 22.4 Å². The molecule has 2 aromatic carbocycles. The van der Waals surface area contributed by atoms with Crippen molar-refractivity contribution in [2.75, 3.05) is 5.32 Å². The zero-order valence-corrected chi connectivity index (χ0v) is 15.3. The molecule has 2 atom stereocenters. The number of rotatable bonds is 4. The number of phenols is 1. The number of benzene rings is 2. The van der Waals surface area contributed by atoms with Gasteiger partial charge in [-0.1, -0.05) is 36.4 Å². The number of thiazole rings is 1. The lowest BCUT2D eigenvalue weighted by atomic mass is 9.74. The molecule has 26 heavy (non-hydrogen) atoms. The number of hydrogen-bond acceptors (Lipinski definition) is 4. The number of aromatic hydroxyl groups is 1. The molecule has 4 rings (SSSR count). The maximum Gasteiger partial charge on any atom is 0.233 e. The summed E-state index contributed by atoms with van der Waals surface area (Å²) >= 11 is 1.42. The van der Waals surface area contributed by atoms with Crippen molar-refractivity contribution in [2.45, 2.75) is 25.7 Å². The minimum absolute atomic E-state index is 0.00744. The van der Waals surface area contributed by atoms with Crippen LogP contribution < -0.4 is 5.32 Å². The first kappa shape index (κ1) is 16.8. The van der Waals surface area contributed by atoms with E-state index in [1.165, 1.54) is 16.9 Å². The lowest BCUT2D eigenvalue weighted by Crippen LogP contribution is -2.38. The molecule has 2 unspecified atom stereocenters. The summed E-state index contributed by atoms with van der Waals surface area (Å²) in [5.74, 6) is 0.211. The fraction of sp³-hybridized carbons (Fsp3) is 0.238. The van der Waals surface area contributed by atoms with Crippen molar-refractivity contribution in [1.29, 1.82) is 0 Å². The van der Waals surface area contributed by atoms with Crippen molar-refractivity contribution in [1.82, 2.24) is 4.98 Å². The molecular weight excluding hydrogens is 344 g/mol. The Kier molecular flexibility index (Phi) is 4.24. The van der Waals surface area contributed by atoms with E-state index in [9.17, 15) is 9.90 Å². The van der Waals surface area contributed by atoms with Crippen LogP contribution in [0.3, 0.4) is 0 Å². The first-order valence-electron chi connectivity index (χ1n) is 8.63. The topological polar surface area (TPSA) is 62.2 Å². The van der Waals surface area contributed by atoms with Gasteiger partial charge in [0.1, 0.15) is 5.75 Å². The third-order valence-electron chi connectivity index (χ3n) is 5.29. The number of fused-ring (bicyclic) bond motifs is 1. The van der Waals surface area contributed by atoms with Crippen molar-refractivity contribution < 1.29 is 9.90 Å². The van der Waals surface area contributed by atoms with Gasteiger partial charge >= 0.3 is 0 Å². The monoisotopic (exact) mass is 364 g/mol. The Morgan fingerprint density at radius 3 is 2.85 bits per heavy atom. The molecule has 5 heteroatoms. The summed E-state index contributed by atoms with van der Waals surface area (Å²) in [6.45, 7) is 2.01. The highest BCUT2D eigenvalue weighted by Crippen LogP contribution is 2.50. The fourth-order valence-electron chi connectivity index (χ4n) is 3.88. The fourth-order valence-corrected chi connectivity index (χ4v) is 4.40. The molecule has 1 aliphatic rings. The zero-order valence-electron chi connectivity index (χ0n) is 14.5. The van der Waals surface area contributed by atoms with Crippen LogP contribution in [0.2, 0.25) is 0 Å². The minimum Gasteiger partial charge on any atom is -0.508 e. The molecule has 0 saturated heterocycles. The predicted octanol–water partition coefficient (Wildman–Crippen LogP) is 4.38. The second-order valence-electron chi connectivity index (χ2n) is 7.01. The molecular formula is C21H20N2O2S. The molecule has 0 bridgehead atoms. The normalized spacial score (nSPS) is 21.3. The third kappa shape index (κ3) is 2.99. The predicted molar refractivity (Wildman–Crippen MR) is 104 cm³/mol. The van der Waals surface area contributed by atoms with Gasteiger partial charge in [0.2, 0.25) is 5.91 Å². The molecule has 0 fully saturated rings. The van der Waals surface area contributed by atoms with E-state index < -0.39 is 5.41 Å². The smallest absolute Gasteiger partial charge is 0.233 e. The van der Waals surface area contributed by atoms with Gasteiger partial charge in [0, 0.05) is 17.5 Å². The van der Waals surface area contributed by atoms with E-state index in [0.717, 1.165) is 17.5 Å². The molecule has 4 nitrogen and oxygen atoms in total. The quantitative estimate of drug-likeness (QED) is 0.722. The largest absolute Gasteiger partial charge is 0.508 e. The Bertz CT molecular complexity index is 924. The number of nitrogens with zero attached hydrogens (tertiary/aromatic N) is 1. The Hall–Kier alpha value is -2.66. The van der Waals surface area contributed by atoms with Crippen molar-refractivity contribution in [3.63, 3.8) is 0 Å². The third-order valence-corrected chi connectivity index (χ3v) is 5.97. The number of hydrogen-bond donors (Lipinski definition) is 2. The summed E-state index contributed by atoms with van der Waals surface area (Å²) in [7, 11) is 0. The SMILES string of the molecule is CC1(C(=O)Nc2nccs2)Cc2ccc(O)cc2C1Cc1ccccc1. The van der Waals surface area contributed by atoms with E-state index >= 15 is 0 Å². The highest BCUT2D eigenvalue weighted by molar-refractivity contribution is 7.13. The number of aromatic nitrogens is 1. The van der Waals surface area contributed by atoms with E-state index in [-0.39, 0.29) is 17.6 Å². The number of carbonyl (C=O) groups excluding carboxylic acids is 1. The second kappa shape index (κ2) is 6.57. The van der Waals surface area contributed by atoms with Crippen LogP contribution in [-0.4, -0.2) is 16.0 Å². The summed E-state index contributed by atoms with van der Waals surface area (Å²) in [6.07, 6.45) is 3.09. The summed E-state index contributed by atoms with van der Waals surface area (Å²) in [5.41, 5.74) is 2.77. The Labute approximate surface area is 156 Å². The molecule has 1 aliphatic carbocycles. The van der Waals surface area contributed by atoms with Crippen LogP contribution in [-0.2, 0) is 17.6 Å². The van der Waals surface area contributed by atoms with Crippen LogP contribution in [0.1, 0.15) is 29.5 Å². The summed E-state index contributed by atoms with van der Waals surface area (Å²) < 4.78 is 0. The van der Waals surface area contributed by atoms with Crippen LogP contribution in [0.4, 0.5) is 5.13 Å². The number of phenolic OH excluding ortho intramolecular Hbond substituents is 1. The van der Waals surface area contributed by atoms with E-state index in [4.69, 9.17) is 0 Å².